The van der Waals surface area contributed by atoms with Crippen molar-refractivity contribution in [3.8, 4) is 5.75 Å². The van der Waals surface area contributed by atoms with Gasteiger partial charge in [0.25, 0.3) is 0 Å². The van der Waals surface area contributed by atoms with Crippen LogP contribution in [0.4, 0.5) is 5.69 Å². The molecule has 0 aliphatic rings. The number of nitrogens with one attached hydrogen (secondary N) is 2. The van der Waals surface area contributed by atoms with Crippen molar-refractivity contribution >= 4 is 32.7 Å². The van der Waals surface area contributed by atoms with Crippen LogP contribution in [0.25, 0.3) is 11.0 Å². The Morgan fingerprint density at radius 1 is 1.30 bits per heavy atom. The van der Waals surface area contributed by atoms with Gasteiger partial charge in [0.15, 0.2) is 0 Å². The van der Waals surface area contributed by atoms with E-state index in [1.807, 2.05) is 43.3 Å². The summed E-state index contributed by atoms with van der Waals surface area (Å²) in [7, 11) is 0. The van der Waals surface area contributed by atoms with Gasteiger partial charge >= 0.3 is 0 Å². The lowest BCUT2D eigenvalue weighted by atomic mass is 10.2. The molecule has 0 aliphatic carbocycles. The number of nitrogens with zero attached hydrogens (tertiary/aromatic N) is 1. The fourth-order valence-corrected chi connectivity index (χ4v) is 2.55. The van der Waals surface area contributed by atoms with Gasteiger partial charge < -0.3 is 15.4 Å². The largest absolute Gasteiger partial charge is 0.506 e. The lowest BCUT2D eigenvalue weighted by Gasteiger charge is -2.09. The Kier molecular flexibility index (Phi) is 3.36. The molecule has 0 fully saturated rings. The first-order valence-corrected chi connectivity index (χ1v) is 7.09. The van der Waals surface area contributed by atoms with Crippen molar-refractivity contribution in [2.75, 3.05) is 5.32 Å². The predicted octanol–water partition coefficient (Wildman–Crippen LogP) is 3.95. The van der Waals surface area contributed by atoms with Gasteiger partial charge in [-0.15, -0.1) is 0 Å². The summed E-state index contributed by atoms with van der Waals surface area (Å²) in [4.78, 5) is 7.58. The van der Waals surface area contributed by atoms with Crippen molar-refractivity contribution in [2.24, 2.45) is 0 Å². The van der Waals surface area contributed by atoms with E-state index in [1.165, 1.54) is 0 Å². The molecule has 102 valence electrons. The van der Waals surface area contributed by atoms with Gasteiger partial charge in [-0.2, -0.15) is 0 Å². The summed E-state index contributed by atoms with van der Waals surface area (Å²) >= 11 is 3.32. The number of para-hydroxylation sites is 1. The Morgan fingerprint density at radius 2 is 2.15 bits per heavy atom. The Hall–Kier alpha value is -2.01. The fraction of sp³-hybridized carbons (Fsp3) is 0.133. The summed E-state index contributed by atoms with van der Waals surface area (Å²) in [5, 5.41) is 13.2. The number of hydrogen-bond donors (Lipinski definition) is 3. The molecule has 3 N–H and O–H groups in total. The molecule has 0 amide bonds. The highest BCUT2D eigenvalue weighted by molar-refractivity contribution is 9.10. The first-order chi connectivity index (χ1) is 9.63. The normalized spacial score (nSPS) is 10.9. The van der Waals surface area contributed by atoms with E-state index in [0.29, 0.717) is 11.0 Å². The van der Waals surface area contributed by atoms with Gasteiger partial charge in [0.1, 0.15) is 11.6 Å². The molecule has 4 nitrogen and oxygen atoms in total. The van der Waals surface area contributed by atoms with Crippen LogP contribution >= 0.6 is 15.9 Å². The number of hydrogen-bond acceptors (Lipinski definition) is 3. The minimum absolute atomic E-state index is 0.276. The molecule has 0 saturated heterocycles. The van der Waals surface area contributed by atoms with E-state index >= 15 is 0 Å². The smallest absolute Gasteiger partial charge is 0.134 e. The van der Waals surface area contributed by atoms with Crippen molar-refractivity contribution < 1.29 is 5.11 Å². The van der Waals surface area contributed by atoms with Crippen LogP contribution < -0.4 is 5.32 Å². The number of aromatic amines is 1. The molecule has 2 aromatic carbocycles. The van der Waals surface area contributed by atoms with Crippen molar-refractivity contribution in [1.29, 1.82) is 0 Å². The lowest BCUT2D eigenvalue weighted by Crippen LogP contribution is -1.99. The maximum absolute atomic E-state index is 9.95. The van der Waals surface area contributed by atoms with Crippen LogP contribution in [0.3, 0.4) is 0 Å². The van der Waals surface area contributed by atoms with Gasteiger partial charge in [-0.1, -0.05) is 12.1 Å². The van der Waals surface area contributed by atoms with Crippen LogP contribution in [0.1, 0.15) is 11.4 Å². The molecule has 3 rings (SSSR count). The van der Waals surface area contributed by atoms with E-state index in [-0.39, 0.29) is 5.75 Å². The highest BCUT2D eigenvalue weighted by atomic mass is 79.9. The number of anilines is 1. The Bertz CT molecular complexity index is 767. The van der Waals surface area contributed by atoms with Crippen molar-refractivity contribution in [3.05, 3.63) is 52.3 Å². The van der Waals surface area contributed by atoms with Crippen LogP contribution in [0.5, 0.6) is 5.75 Å². The van der Waals surface area contributed by atoms with Crippen LogP contribution in [-0.2, 0) is 6.54 Å². The van der Waals surface area contributed by atoms with Crippen molar-refractivity contribution in [1.82, 2.24) is 9.97 Å². The summed E-state index contributed by atoms with van der Waals surface area (Å²) in [6.45, 7) is 2.50. The molecule has 0 aliphatic heterocycles. The van der Waals surface area contributed by atoms with Gasteiger partial charge in [-0.25, -0.2) is 4.98 Å². The number of halogens is 1. The fourth-order valence-electron chi connectivity index (χ4n) is 2.15. The summed E-state index contributed by atoms with van der Waals surface area (Å²) in [5.41, 5.74) is 3.80. The molecule has 20 heavy (non-hydrogen) atoms. The molecule has 0 radical (unpaired) electrons. The molecule has 0 atom stereocenters. The lowest BCUT2D eigenvalue weighted by molar-refractivity contribution is 0.465. The monoisotopic (exact) mass is 331 g/mol. The SMILES string of the molecule is Cc1nc2ccc(NCc3cccc(Br)c3O)cc2[nH]1. The molecule has 0 spiro atoms. The van der Waals surface area contributed by atoms with Crippen LogP contribution in [0.15, 0.2) is 40.9 Å². The minimum atomic E-state index is 0.276. The van der Waals surface area contributed by atoms with Gasteiger partial charge in [0.2, 0.25) is 0 Å². The number of benzene rings is 2. The summed E-state index contributed by atoms with van der Waals surface area (Å²) in [6.07, 6.45) is 0. The van der Waals surface area contributed by atoms with E-state index in [2.05, 4.69) is 31.2 Å². The highest BCUT2D eigenvalue weighted by Gasteiger charge is 2.05. The van der Waals surface area contributed by atoms with E-state index in [1.54, 1.807) is 0 Å². The molecule has 1 aromatic heterocycles. The number of H-pyrrole nitrogens is 1. The molecule has 5 heteroatoms. The summed E-state index contributed by atoms with van der Waals surface area (Å²) in [5.74, 6) is 1.18. The molecule has 0 bridgehead atoms. The number of rotatable bonds is 3. The zero-order valence-electron chi connectivity index (χ0n) is 10.9. The van der Waals surface area contributed by atoms with Crippen molar-refractivity contribution in [3.63, 3.8) is 0 Å². The first-order valence-electron chi connectivity index (χ1n) is 6.30. The van der Waals surface area contributed by atoms with E-state index in [4.69, 9.17) is 0 Å². The summed E-state index contributed by atoms with van der Waals surface area (Å²) < 4.78 is 0.705. The average molecular weight is 332 g/mol. The molecule has 1 heterocycles. The third-order valence-corrected chi connectivity index (χ3v) is 3.79. The van der Waals surface area contributed by atoms with Gasteiger partial charge in [-0.05, 0) is 47.1 Å². The highest BCUT2D eigenvalue weighted by Crippen LogP contribution is 2.28. The second kappa shape index (κ2) is 5.17. The number of aryl methyl sites for hydroxylation is 1. The number of phenols is 1. The molecule has 3 aromatic rings. The number of phenolic OH excluding ortho intramolecular Hbond substituents is 1. The number of aromatic hydroxyl groups is 1. The van der Waals surface area contributed by atoms with E-state index in [9.17, 15) is 5.11 Å². The van der Waals surface area contributed by atoms with E-state index in [0.717, 1.165) is 28.1 Å². The van der Waals surface area contributed by atoms with Gasteiger partial charge in [0, 0.05) is 17.8 Å². The van der Waals surface area contributed by atoms with Crippen molar-refractivity contribution in [2.45, 2.75) is 13.5 Å². The number of imidazole rings is 1. The third kappa shape index (κ3) is 2.49. The Morgan fingerprint density at radius 3 is 3.00 bits per heavy atom. The zero-order valence-corrected chi connectivity index (χ0v) is 12.5. The van der Waals surface area contributed by atoms with Gasteiger partial charge in [-0.3, -0.25) is 0 Å². The predicted molar refractivity (Wildman–Crippen MR) is 84.0 cm³/mol. The van der Waals surface area contributed by atoms with E-state index < -0.39 is 0 Å². The average Bonchev–Trinajstić information content (AvgIpc) is 2.79. The maximum Gasteiger partial charge on any atom is 0.134 e. The second-order valence-corrected chi connectivity index (χ2v) is 5.51. The standard InChI is InChI=1S/C15H14BrN3O/c1-9-18-13-6-5-11(7-14(13)19-9)17-8-10-3-2-4-12(16)15(10)20/h2-7,17,20H,8H2,1H3,(H,18,19). The topological polar surface area (TPSA) is 60.9 Å². The maximum atomic E-state index is 9.95. The minimum Gasteiger partial charge on any atom is -0.506 e. The zero-order chi connectivity index (χ0) is 14.1. The number of fused-ring (bicyclic) bond motifs is 1. The first kappa shape index (κ1) is 13.0. The van der Waals surface area contributed by atoms with Crippen LogP contribution in [-0.4, -0.2) is 15.1 Å². The quantitative estimate of drug-likeness (QED) is 0.681. The second-order valence-electron chi connectivity index (χ2n) is 4.66. The molecular formula is C15H14BrN3O. The van der Waals surface area contributed by atoms with Crippen LogP contribution in [0, 0.1) is 6.92 Å². The van der Waals surface area contributed by atoms with Crippen LogP contribution in [0.2, 0.25) is 0 Å². The Labute approximate surface area is 125 Å². The molecule has 0 unspecified atom stereocenters. The molecule has 0 saturated carbocycles. The summed E-state index contributed by atoms with van der Waals surface area (Å²) in [6, 6.07) is 11.6. The Balaban J connectivity index is 1.81. The number of aromatic nitrogens is 2. The third-order valence-electron chi connectivity index (χ3n) is 3.15. The van der Waals surface area contributed by atoms with Gasteiger partial charge in [0.05, 0.1) is 15.5 Å². The molecular weight excluding hydrogens is 318 g/mol.